The molecule has 3 aromatic carbocycles. The summed E-state index contributed by atoms with van der Waals surface area (Å²) in [6.45, 7) is 0. The first-order valence-electron chi connectivity index (χ1n) is 7.56. The molecule has 0 aliphatic carbocycles. The van der Waals surface area contributed by atoms with Gasteiger partial charge in [-0.15, -0.1) is 0 Å². The zero-order chi connectivity index (χ0) is 17.8. The summed E-state index contributed by atoms with van der Waals surface area (Å²) in [7, 11) is 0. The van der Waals surface area contributed by atoms with E-state index in [2.05, 4.69) is 0 Å². The molecule has 3 aromatic rings. The number of hydrogen-bond acceptors (Lipinski definition) is 1. The van der Waals surface area contributed by atoms with Crippen LogP contribution in [0, 0.1) is 0 Å². The number of carbonyl (C=O) groups is 1. The molecule has 0 amide bonds. The van der Waals surface area contributed by atoms with Crippen LogP contribution in [0.25, 0.3) is 5.57 Å². The van der Waals surface area contributed by atoms with E-state index in [0.717, 1.165) is 16.7 Å². The van der Waals surface area contributed by atoms with Gasteiger partial charge in [0.2, 0.25) is 0 Å². The van der Waals surface area contributed by atoms with Crippen molar-refractivity contribution in [2.24, 2.45) is 0 Å². The highest BCUT2D eigenvalue weighted by atomic mass is 35.5. The number of carbonyl (C=O) groups excluding carboxylic acids is 1. The summed E-state index contributed by atoms with van der Waals surface area (Å²) in [6.07, 6.45) is 1.62. The molecule has 0 radical (unpaired) electrons. The Kier molecular flexibility index (Phi) is 5.60. The first kappa shape index (κ1) is 17.8. The molecule has 0 fully saturated rings. The average molecular weight is 388 g/mol. The lowest BCUT2D eigenvalue weighted by Gasteiger charge is -2.09. The maximum Gasteiger partial charge on any atom is 0.186 e. The molecule has 4 heteroatoms. The molecule has 0 saturated heterocycles. The predicted molar refractivity (Wildman–Crippen MR) is 106 cm³/mol. The Labute approximate surface area is 161 Å². The SMILES string of the molecule is O=C(C=C(c1ccc(Cl)cc1)c1ccc(Cl)cc1)c1ccc(Cl)cc1. The fourth-order valence-corrected chi connectivity index (χ4v) is 2.80. The Bertz CT molecular complexity index is 861. The largest absolute Gasteiger partial charge is 0.289 e. The summed E-state index contributed by atoms with van der Waals surface area (Å²) in [5.41, 5.74) is 3.17. The van der Waals surface area contributed by atoms with Gasteiger partial charge in [0.1, 0.15) is 0 Å². The fraction of sp³-hybridized carbons (Fsp3) is 0. The Balaban J connectivity index is 2.06. The van der Waals surface area contributed by atoms with Gasteiger partial charge < -0.3 is 0 Å². The lowest BCUT2D eigenvalue weighted by atomic mass is 9.95. The van der Waals surface area contributed by atoms with Gasteiger partial charge in [0.25, 0.3) is 0 Å². The van der Waals surface area contributed by atoms with E-state index in [0.29, 0.717) is 20.6 Å². The van der Waals surface area contributed by atoms with Crippen LogP contribution in [0.15, 0.2) is 78.9 Å². The number of benzene rings is 3. The van der Waals surface area contributed by atoms with E-state index in [1.165, 1.54) is 0 Å². The number of ketones is 1. The molecule has 0 spiro atoms. The topological polar surface area (TPSA) is 17.1 Å². The van der Waals surface area contributed by atoms with Crippen molar-refractivity contribution in [2.75, 3.05) is 0 Å². The standard InChI is InChI=1S/C21H13Cl3O/c22-17-7-1-14(2-8-17)20(15-3-9-18(23)10-4-15)13-21(25)16-5-11-19(24)12-6-16/h1-13H. The van der Waals surface area contributed by atoms with Crippen LogP contribution in [0.3, 0.4) is 0 Å². The van der Waals surface area contributed by atoms with Crippen molar-refractivity contribution in [1.82, 2.24) is 0 Å². The van der Waals surface area contributed by atoms with Crippen molar-refractivity contribution >= 4 is 46.2 Å². The third-order valence-corrected chi connectivity index (χ3v) is 4.47. The fourth-order valence-electron chi connectivity index (χ4n) is 2.42. The van der Waals surface area contributed by atoms with Crippen LogP contribution in [0.4, 0.5) is 0 Å². The maximum atomic E-state index is 12.7. The Morgan fingerprint density at radius 3 is 1.24 bits per heavy atom. The summed E-state index contributed by atoms with van der Waals surface area (Å²) < 4.78 is 0. The number of allylic oxidation sites excluding steroid dienone is 1. The molecule has 0 N–H and O–H groups in total. The van der Waals surface area contributed by atoms with Crippen LogP contribution in [-0.4, -0.2) is 5.78 Å². The second kappa shape index (κ2) is 7.88. The van der Waals surface area contributed by atoms with Crippen LogP contribution < -0.4 is 0 Å². The summed E-state index contributed by atoms with van der Waals surface area (Å²) in [4.78, 5) is 12.7. The van der Waals surface area contributed by atoms with Gasteiger partial charge in [-0.05, 0) is 71.3 Å². The third-order valence-electron chi connectivity index (χ3n) is 3.71. The molecule has 0 saturated carbocycles. The molecule has 3 rings (SSSR count). The molecule has 0 aromatic heterocycles. The minimum atomic E-state index is -0.100. The quantitative estimate of drug-likeness (QED) is 0.349. The minimum Gasteiger partial charge on any atom is -0.289 e. The molecule has 124 valence electrons. The average Bonchev–Trinajstić information content (AvgIpc) is 2.62. The van der Waals surface area contributed by atoms with E-state index in [1.54, 1.807) is 54.6 Å². The molecule has 0 bridgehead atoms. The van der Waals surface area contributed by atoms with Crippen molar-refractivity contribution in [3.05, 3.63) is 111 Å². The van der Waals surface area contributed by atoms with Gasteiger partial charge >= 0.3 is 0 Å². The van der Waals surface area contributed by atoms with Gasteiger partial charge in [-0.2, -0.15) is 0 Å². The van der Waals surface area contributed by atoms with Crippen LogP contribution in [0.5, 0.6) is 0 Å². The zero-order valence-corrected chi connectivity index (χ0v) is 15.3. The lowest BCUT2D eigenvalue weighted by molar-refractivity contribution is 0.104. The molecular formula is C21H13Cl3O. The summed E-state index contributed by atoms with van der Waals surface area (Å²) >= 11 is 17.9. The van der Waals surface area contributed by atoms with Gasteiger partial charge in [0.15, 0.2) is 5.78 Å². The van der Waals surface area contributed by atoms with Crippen molar-refractivity contribution in [3.63, 3.8) is 0 Å². The second-order valence-corrected chi connectivity index (χ2v) is 6.75. The van der Waals surface area contributed by atoms with Crippen molar-refractivity contribution < 1.29 is 4.79 Å². The van der Waals surface area contributed by atoms with Gasteiger partial charge in [0, 0.05) is 20.6 Å². The van der Waals surface area contributed by atoms with Crippen LogP contribution in [0.2, 0.25) is 15.1 Å². The highest BCUT2D eigenvalue weighted by Gasteiger charge is 2.10. The molecular weight excluding hydrogens is 375 g/mol. The molecule has 0 atom stereocenters. The molecule has 25 heavy (non-hydrogen) atoms. The van der Waals surface area contributed by atoms with Crippen molar-refractivity contribution in [2.45, 2.75) is 0 Å². The number of hydrogen-bond donors (Lipinski definition) is 0. The summed E-state index contributed by atoms with van der Waals surface area (Å²) in [5.74, 6) is -0.100. The maximum absolute atomic E-state index is 12.7. The molecule has 0 aliphatic rings. The first-order chi connectivity index (χ1) is 12.0. The summed E-state index contributed by atoms with van der Waals surface area (Å²) in [6, 6.07) is 21.6. The van der Waals surface area contributed by atoms with Gasteiger partial charge in [-0.3, -0.25) is 4.79 Å². The predicted octanol–water partition coefficient (Wildman–Crippen LogP) is 6.96. The van der Waals surface area contributed by atoms with Crippen molar-refractivity contribution in [1.29, 1.82) is 0 Å². The van der Waals surface area contributed by atoms with Crippen molar-refractivity contribution in [3.8, 4) is 0 Å². The normalized spacial score (nSPS) is 10.4. The van der Waals surface area contributed by atoms with E-state index < -0.39 is 0 Å². The molecule has 0 aliphatic heterocycles. The zero-order valence-electron chi connectivity index (χ0n) is 13.0. The smallest absolute Gasteiger partial charge is 0.186 e. The molecule has 0 unspecified atom stereocenters. The highest BCUT2D eigenvalue weighted by molar-refractivity contribution is 6.31. The summed E-state index contributed by atoms with van der Waals surface area (Å²) in [5, 5.41) is 1.88. The second-order valence-electron chi connectivity index (χ2n) is 5.44. The molecule has 0 heterocycles. The number of halogens is 3. The van der Waals surface area contributed by atoms with Crippen LogP contribution in [0.1, 0.15) is 21.5 Å². The first-order valence-corrected chi connectivity index (χ1v) is 8.70. The Morgan fingerprint density at radius 2 is 0.880 bits per heavy atom. The molecule has 1 nitrogen and oxygen atoms in total. The highest BCUT2D eigenvalue weighted by Crippen LogP contribution is 2.27. The lowest BCUT2D eigenvalue weighted by Crippen LogP contribution is -1.98. The Hall–Kier alpha value is -2.06. The van der Waals surface area contributed by atoms with E-state index in [9.17, 15) is 4.79 Å². The van der Waals surface area contributed by atoms with Gasteiger partial charge in [0.05, 0.1) is 0 Å². The van der Waals surface area contributed by atoms with E-state index in [4.69, 9.17) is 34.8 Å². The Morgan fingerprint density at radius 1 is 0.560 bits per heavy atom. The minimum absolute atomic E-state index is 0.100. The van der Waals surface area contributed by atoms with Crippen LogP contribution >= 0.6 is 34.8 Å². The monoisotopic (exact) mass is 386 g/mol. The van der Waals surface area contributed by atoms with E-state index >= 15 is 0 Å². The number of rotatable bonds is 4. The van der Waals surface area contributed by atoms with Gasteiger partial charge in [-0.25, -0.2) is 0 Å². The van der Waals surface area contributed by atoms with Crippen LogP contribution in [-0.2, 0) is 0 Å². The van der Waals surface area contributed by atoms with Gasteiger partial charge in [-0.1, -0.05) is 59.1 Å². The third kappa shape index (κ3) is 4.52. The van der Waals surface area contributed by atoms with E-state index in [1.807, 2.05) is 24.3 Å². The van der Waals surface area contributed by atoms with E-state index in [-0.39, 0.29) is 5.78 Å².